The Kier molecular flexibility index (Phi) is 6.17. The second kappa shape index (κ2) is 9.43. The van der Waals surface area contributed by atoms with E-state index in [0.717, 1.165) is 29.1 Å². The summed E-state index contributed by atoms with van der Waals surface area (Å²) in [6, 6.07) is 26.4. The second-order valence-electron chi connectivity index (χ2n) is 10.1. The molecule has 5 rings (SSSR count). The Morgan fingerprint density at radius 2 is 1.49 bits per heavy atom. The fraction of sp³-hybridized carbons (Fsp3) is 0.176. The Balaban J connectivity index is 1.61. The molecule has 0 aromatic heterocycles. The molecule has 3 aromatic rings. The molecule has 2 aliphatic carbocycles. The third-order valence-corrected chi connectivity index (χ3v) is 7.20. The molecule has 174 valence electrons. The summed E-state index contributed by atoms with van der Waals surface area (Å²) in [7, 11) is 0. The molecule has 0 amide bonds. The quantitative estimate of drug-likeness (QED) is 0.378. The molecule has 0 aliphatic heterocycles. The molecule has 0 N–H and O–H groups in total. The molecule has 0 fully saturated rings. The molecule has 3 aromatic carbocycles. The molecule has 0 saturated carbocycles. The van der Waals surface area contributed by atoms with Crippen LogP contribution >= 0.6 is 0 Å². The van der Waals surface area contributed by atoms with E-state index in [1.54, 1.807) is 0 Å². The Bertz CT molecular complexity index is 1350. The Morgan fingerprint density at radius 1 is 0.800 bits per heavy atom. The number of anilines is 3. The summed E-state index contributed by atoms with van der Waals surface area (Å²) in [4.78, 5) is 2.34. The van der Waals surface area contributed by atoms with Crippen molar-refractivity contribution in [3.8, 4) is 0 Å². The van der Waals surface area contributed by atoms with Crippen molar-refractivity contribution in [1.82, 2.24) is 0 Å². The summed E-state index contributed by atoms with van der Waals surface area (Å²) in [5, 5.41) is 0. The first-order valence-electron chi connectivity index (χ1n) is 12.5. The van der Waals surface area contributed by atoms with E-state index < -0.39 is 0 Å². The summed E-state index contributed by atoms with van der Waals surface area (Å²) in [5.41, 5.74) is 9.46. The first-order valence-corrected chi connectivity index (χ1v) is 12.5. The maximum Gasteiger partial charge on any atom is 0.0465 e. The highest BCUT2D eigenvalue weighted by Crippen LogP contribution is 2.41. The molecule has 1 heteroatoms. The zero-order valence-electron chi connectivity index (χ0n) is 20.9. The fourth-order valence-electron chi connectivity index (χ4n) is 4.94. The average Bonchev–Trinajstić information content (AvgIpc) is 2.87. The number of hydrogen-bond acceptors (Lipinski definition) is 1. The summed E-state index contributed by atoms with van der Waals surface area (Å²) in [6.07, 6.45) is 16.5. The summed E-state index contributed by atoms with van der Waals surface area (Å²) in [5.74, 6) is 0.585. The number of para-hydroxylation sites is 1. The van der Waals surface area contributed by atoms with Crippen molar-refractivity contribution in [1.29, 1.82) is 0 Å². The molecule has 2 aliphatic rings. The van der Waals surface area contributed by atoms with Crippen molar-refractivity contribution in [2.75, 3.05) is 4.90 Å². The van der Waals surface area contributed by atoms with Gasteiger partial charge in [0, 0.05) is 22.5 Å². The number of rotatable bonds is 4. The number of benzene rings is 3. The molecular weight excluding hydrogens is 422 g/mol. The highest BCUT2D eigenvalue weighted by Gasteiger charge is 2.27. The molecule has 1 nitrogen and oxygen atoms in total. The number of hydrogen-bond donors (Lipinski definition) is 0. The van der Waals surface area contributed by atoms with Crippen LogP contribution in [0.25, 0.3) is 11.6 Å². The molecule has 0 saturated heterocycles. The van der Waals surface area contributed by atoms with E-state index in [2.05, 4.69) is 148 Å². The molecule has 0 spiro atoms. The van der Waals surface area contributed by atoms with E-state index in [1.165, 1.54) is 22.3 Å². The molecule has 35 heavy (non-hydrogen) atoms. The Hall–Kier alpha value is -3.84. The monoisotopic (exact) mass is 455 g/mol. The smallest absolute Gasteiger partial charge is 0.0465 e. The van der Waals surface area contributed by atoms with Crippen LogP contribution in [-0.2, 0) is 5.41 Å². The lowest BCUT2D eigenvalue weighted by molar-refractivity contribution is 0.640. The minimum absolute atomic E-state index is 0.171. The van der Waals surface area contributed by atoms with Crippen LogP contribution in [-0.4, -0.2) is 0 Å². The van der Waals surface area contributed by atoms with Crippen molar-refractivity contribution in [2.45, 2.75) is 32.6 Å². The van der Waals surface area contributed by atoms with Gasteiger partial charge >= 0.3 is 0 Å². The van der Waals surface area contributed by atoms with E-state index in [1.807, 2.05) is 0 Å². The van der Waals surface area contributed by atoms with Crippen LogP contribution in [0.4, 0.5) is 17.1 Å². The predicted octanol–water partition coefficient (Wildman–Crippen LogP) is 9.55. The van der Waals surface area contributed by atoms with Gasteiger partial charge in [-0.15, -0.1) is 0 Å². The van der Waals surface area contributed by atoms with Crippen molar-refractivity contribution in [2.24, 2.45) is 5.92 Å². The maximum atomic E-state index is 4.37. The van der Waals surface area contributed by atoms with Crippen LogP contribution in [0.1, 0.15) is 43.9 Å². The highest BCUT2D eigenvalue weighted by atomic mass is 15.1. The molecule has 0 heterocycles. The van der Waals surface area contributed by atoms with Gasteiger partial charge in [-0.25, -0.2) is 0 Å². The minimum Gasteiger partial charge on any atom is -0.310 e. The summed E-state index contributed by atoms with van der Waals surface area (Å²) in [6.45, 7) is 11.2. The van der Waals surface area contributed by atoms with Crippen LogP contribution in [0.15, 0.2) is 121 Å². The van der Waals surface area contributed by atoms with Crippen molar-refractivity contribution in [3.63, 3.8) is 0 Å². The second-order valence-corrected chi connectivity index (χ2v) is 10.1. The molecule has 1 atom stereocenters. The zero-order chi connectivity index (χ0) is 24.4. The number of fused-ring (bicyclic) bond motifs is 1. The van der Waals surface area contributed by atoms with Gasteiger partial charge in [-0.1, -0.05) is 106 Å². The molecule has 0 radical (unpaired) electrons. The first-order chi connectivity index (χ1) is 16.9. The van der Waals surface area contributed by atoms with E-state index in [0.29, 0.717) is 5.92 Å². The average molecular weight is 456 g/mol. The standard InChI is InChI=1S/C34H33N/c1-25-11-10-14-29(23-25)27-17-20-31(21-18-27)35(30-15-6-5-7-16-30)32-22-19-28-13-9-8-12-26(2)34(3,4)33(28)24-32/h5-10,12-25H,2,11H2,1,3-4H3/b12-8-,13-9-. The summed E-state index contributed by atoms with van der Waals surface area (Å²) >= 11 is 0. The van der Waals surface area contributed by atoms with E-state index >= 15 is 0 Å². The Morgan fingerprint density at radius 3 is 2.23 bits per heavy atom. The lowest BCUT2D eigenvalue weighted by Crippen LogP contribution is -2.21. The third-order valence-electron chi connectivity index (χ3n) is 7.20. The van der Waals surface area contributed by atoms with Crippen LogP contribution in [0.2, 0.25) is 0 Å². The van der Waals surface area contributed by atoms with Gasteiger partial charge in [0.15, 0.2) is 0 Å². The van der Waals surface area contributed by atoms with Gasteiger partial charge in [-0.3, -0.25) is 0 Å². The Labute approximate surface area is 210 Å². The van der Waals surface area contributed by atoms with E-state index in [9.17, 15) is 0 Å². The van der Waals surface area contributed by atoms with Gasteiger partial charge in [0.25, 0.3) is 0 Å². The van der Waals surface area contributed by atoms with E-state index in [-0.39, 0.29) is 5.41 Å². The zero-order valence-corrected chi connectivity index (χ0v) is 20.9. The maximum absolute atomic E-state index is 4.37. The van der Waals surface area contributed by atoms with Crippen LogP contribution in [0, 0.1) is 5.92 Å². The molecule has 0 bridgehead atoms. The van der Waals surface area contributed by atoms with Gasteiger partial charge < -0.3 is 4.90 Å². The van der Waals surface area contributed by atoms with Crippen LogP contribution < -0.4 is 4.90 Å². The normalized spacial score (nSPS) is 20.3. The SMILES string of the molecule is C=C1/C=C\C=C/c2ccc(N(c3ccccc3)c3ccc(C4=CC(C)CC=C4)cc3)cc2C1(C)C. The van der Waals surface area contributed by atoms with Crippen LogP contribution in [0.5, 0.6) is 0 Å². The number of allylic oxidation sites excluding steroid dienone is 8. The minimum atomic E-state index is -0.171. The van der Waals surface area contributed by atoms with Gasteiger partial charge in [0.1, 0.15) is 0 Å². The van der Waals surface area contributed by atoms with Gasteiger partial charge in [0.05, 0.1) is 0 Å². The van der Waals surface area contributed by atoms with E-state index in [4.69, 9.17) is 0 Å². The highest BCUT2D eigenvalue weighted by molar-refractivity contribution is 5.81. The van der Waals surface area contributed by atoms with Gasteiger partial charge in [-0.05, 0) is 76.6 Å². The van der Waals surface area contributed by atoms with Crippen molar-refractivity contribution in [3.05, 3.63) is 138 Å². The van der Waals surface area contributed by atoms with Gasteiger partial charge in [0.2, 0.25) is 0 Å². The molecule has 1 unspecified atom stereocenters. The third kappa shape index (κ3) is 4.59. The van der Waals surface area contributed by atoms with Crippen molar-refractivity contribution < 1.29 is 0 Å². The fourth-order valence-corrected chi connectivity index (χ4v) is 4.94. The topological polar surface area (TPSA) is 3.24 Å². The lowest BCUT2D eigenvalue weighted by atomic mass is 9.75. The van der Waals surface area contributed by atoms with Crippen LogP contribution in [0.3, 0.4) is 0 Å². The van der Waals surface area contributed by atoms with Crippen molar-refractivity contribution >= 4 is 28.7 Å². The predicted molar refractivity (Wildman–Crippen MR) is 152 cm³/mol. The molecular formula is C34H33N. The lowest BCUT2D eigenvalue weighted by Gasteiger charge is -2.32. The first kappa shape index (κ1) is 22.9. The number of nitrogens with zero attached hydrogens (tertiary/aromatic N) is 1. The van der Waals surface area contributed by atoms with Gasteiger partial charge in [-0.2, -0.15) is 0 Å². The summed E-state index contributed by atoms with van der Waals surface area (Å²) < 4.78 is 0. The largest absolute Gasteiger partial charge is 0.310 e.